The van der Waals surface area contributed by atoms with Crippen molar-refractivity contribution < 1.29 is 4.79 Å². The highest BCUT2D eigenvalue weighted by atomic mass is 16.2. The van der Waals surface area contributed by atoms with E-state index in [9.17, 15) is 4.79 Å². The molecule has 5 nitrogen and oxygen atoms in total. The number of rotatable bonds is 4. The Kier molecular flexibility index (Phi) is 3.92. The van der Waals surface area contributed by atoms with Crippen LogP contribution in [0.15, 0.2) is 18.5 Å². The van der Waals surface area contributed by atoms with Crippen LogP contribution in [0.3, 0.4) is 0 Å². The number of fused-ring (bicyclic) bond motifs is 2. The Morgan fingerprint density at radius 3 is 2.78 bits per heavy atom. The summed E-state index contributed by atoms with van der Waals surface area (Å²) in [5, 5.41) is 11.1. The third-order valence-corrected chi connectivity index (χ3v) is 6.59. The molecule has 0 radical (unpaired) electrons. The van der Waals surface area contributed by atoms with Gasteiger partial charge in [0.25, 0.3) is 0 Å². The second kappa shape index (κ2) is 5.93. The Hall–Kier alpha value is -1.36. The van der Waals surface area contributed by atoms with Crippen LogP contribution >= 0.6 is 0 Å². The molecule has 4 atom stereocenters. The van der Waals surface area contributed by atoms with Gasteiger partial charge in [-0.2, -0.15) is 5.10 Å². The molecule has 2 N–H and O–H groups in total. The summed E-state index contributed by atoms with van der Waals surface area (Å²) >= 11 is 0. The highest BCUT2D eigenvalue weighted by Gasteiger charge is 2.46. The van der Waals surface area contributed by atoms with Crippen molar-refractivity contribution in [1.82, 2.24) is 20.4 Å². The molecule has 2 saturated carbocycles. The van der Waals surface area contributed by atoms with Crippen molar-refractivity contribution in [1.29, 1.82) is 0 Å². The quantitative estimate of drug-likeness (QED) is 0.892. The van der Waals surface area contributed by atoms with Gasteiger partial charge in [0.05, 0.1) is 0 Å². The molecule has 1 aromatic heterocycles. The first-order chi connectivity index (χ1) is 11.2. The second-order valence-corrected chi connectivity index (χ2v) is 7.83. The standard InChI is InChI=1S/C18H28N4O/c1-13(16-12-14-3-4-15(16)11-14)21-17(23)18(5-8-19-9-6-18)22-10-2-7-20-22/h2,7,10,13-16,19H,3-6,8-9,11-12H2,1H3,(H,21,23). The first kappa shape index (κ1) is 15.2. The largest absolute Gasteiger partial charge is 0.351 e. The van der Waals surface area contributed by atoms with E-state index in [1.165, 1.54) is 25.7 Å². The second-order valence-electron chi connectivity index (χ2n) is 7.83. The Bertz CT molecular complexity index is 549. The van der Waals surface area contributed by atoms with Crippen molar-refractivity contribution >= 4 is 5.91 Å². The molecule has 3 fully saturated rings. The van der Waals surface area contributed by atoms with Crippen LogP contribution < -0.4 is 10.6 Å². The predicted octanol–water partition coefficient (Wildman–Crippen LogP) is 1.90. The smallest absolute Gasteiger partial charge is 0.248 e. The van der Waals surface area contributed by atoms with E-state index in [0.29, 0.717) is 5.92 Å². The Morgan fingerprint density at radius 1 is 1.35 bits per heavy atom. The zero-order valence-electron chi connectivity index (χ0n) is 14.0. The number of hydrogen-bond donors (Lipinski definition) is 2. The lowest BCUT2D eigenvalue weighted by molar-refractivity contribution is -0.133. The summed E-state index contributed by atoms with van der Waals surface area (Å²) in [4.78, 5) is 13.2. The highest BCUT2D eigenvalue weighted by molar-refractivity contribution is 5.84. The van der Waals surface area contributed by atoms with Gasteiger partial charge in [-0.3, -0.25) is 9.48 Å². The molecule has 2 aliphatic carbocycles. The number of piperidine rings is 1. The maximum atomic E-state index is 13.2. The van der Waals surface area contributed by atoms with Gasteiger partial charge in [0, 0.05) is 18.4 Å². The number of nitrogens with one attached hydrogen (secondary N) is 2. The minimum absolute atomic E-state index is 0.165. The van der Waals surface area contributed by atoms with Crippen LogP contribution in [0, 0.1) is 17.8 Å². The number of amides is 1. The molecule has 4 rings (SSSR count). The Balaban J connectivity index is 1.49. The van der Waals surface area contributed by atoms with E-state index in [-0.39, 0.29) is 11.9 Å². The molecule has 1 saturated heterocycles. The molecule has 23 heavy (non-hydrogen) atoms. The molecular weight excluding hydrogens is 288 g/mol. The van der Waals surface area contributed by atoms with Gasteiger partial charge in [-0.05, 0) is 75.9 Å². The fourth-order valence-corrected chi connectivity index (χ4v) is 5.28. The normalized spacial score (nSPS) is 33.5. The van der Waals surface area contributed by atoms with E-state index in [4.69, 9.17) is 0 Å². The van der Waals surface area contributed by atoms with Gasteiger partial charge < -0.3 is 10.6 Å². The van der Waals surface area contributed by atoms with Gasteiger partial charge in [-0.25, -0.2) is 0 Å². The van der Waals surface area contributed by atoms with Gasteiger partial charge in [0.1, 0.15) is 5.54 Å². The number of hydrogen-bond acceptors (Lipinski definition) is 3. The van der Waals surface area contributed by atoms with Gasteiger partial charge >= 0.3 is 0 Å². The molecule has 0 spiro atoms. The van der Waals surface area contributed by atoms with Crippen LogP contribution in [0.4, 0.5) is 0 Å². The molecule has 1 amide bonds. The minimum atomic E-state index is -0.513. The van der Waals surface area contributed by atoms with Gasteiger partial charge in [0.15, 0.2) is 0 Å². The van der Waals surface area contributed by atoms with Gasteiger partial charge in [-0.1, -0.05) is 6.42 Å². The van der Waals surface area contributed by atoms with Crippen molar-refractivity contribution in [2.75, 3.05) is 13.1 Å². The molecule has 2 heterocycles. The van der Waals surface area contributed by atoms with E-state index < -0.39 is 5.54 Å². The Morgan fingerprint density at radius 2 is 2.17 bits per heavy atom. The SMILES string of the molecule is CC(NC(=O)C1(n2cccn2)CCNCC1)C1CC2CCC1C2. The monoisotopic (exact) mass is 316 g/mol. The van der Waals surface area contributed by atoms with Crippen molar-refractivity contribution in [3.8, 4) is 0 Å². The van der Waals surface area contributed by atoms with Crippen LogP contribution in [-0.2, 0) is 10.3 Å². The van der Waals surface area contributed by atoms with Crippen molar-refractivity contribution in [3.63, 3.8) is 0 Å². The van der Waals surface area contributed by atoms with E-state index in [1.54, 1.807) is 6.20 Å². The summed E-state index contributed by atoms with van der Waals surface area (Å²) in [5.74, 6) is 2.60. The molecular formula is C18H28N4O. The predicted molar refractivity (Wildman–Crippen MR) is 88.8 cm³/mol. The van der Waals surface area contributed by atoms with E-state index >= 15 is 0 Å². The minimum Gasteiger partial charge on any atom is -0.351 e. The molecule has 126 valence electrons. The van der Waals surface area contributed by atoms with Crippen LogP contribution in [0.5, 0.6) is 0 Å². The summed E-state index contributed by atoms with van der Waals surface area (Å²) in [5.41, 5.74) is -0.513. The van der Waals surface area contributed by atoms with Crippen LogP contribution in [0.25, 0.3) is 0 Å². The van der Waals surface area contributed by atoms with Crippen molar-refractivity contribution in [2.24, 2.45) is 17.8 Å². The lowest BCUT2D eigenvalue weighted by Gasteiger charge is -2.38. The number of carbonyl (C=O) groups excluding carboxylic acids is 1. The topological polar surface area (TPSA) is 59.0 Å². The van der Waals surface area contributed by atoms with Crippen molar-refractivity contribution in [2.45, 2.75) is 57.0 Å². The third-order valence-electron chi connectivity index (χ3n) is 6.59. The van der Waals surface area contributed by atoms with Crippen molar-refractivity contribution in [3.05, 3.63) is 18.5 Å². The number of aromatic nitrogens is 2. The molecule has 1 aliphatic heterocycles. The summed E-state index contributed by atoms with van der Waals surface area (Å²) in [6.45, 7) is 3.95. The summed E-state index contributed by atoms with van der Waals surface area (Å²) in [6, 6.07) is 2.19. The highest BCUT2D eigenvalue weighted by Crippen LogP contribution is 2.49. The summed E-state index contributed by atoms with van der Waals surface area (Å²) in [7, 11) is 0. The zero-order chi connectivity index (χ0) is 15.9. The fraction of sp³-hybridized carbons (Fsp3) is 0.778. The Labute approximate surface area is 138 Å². The van der Waals surface area contributed by atoms with Crippen LogP contribution in [-0.4, -0.2) is 34.8 Å². The maximum Gasteiger partial charge on any atom is 0.248 e. The van der Waals surface area contributed by atoms with Gasteiger partial charge in [-0.15, -0.1) is 0 Å². The van der Waals surface area contributed by atoms with Gasteiger partial charge in [0.2, 0.25) is 5.91 Å². The average molecular weight is 316 g/mol. The number of nitrogens with zero attached hydrogens (tertiary/aromatic N) is 2. The fourth-order valence-electron chi connectivity index (χ4n) is 5.28. The van der Waals surface area contributed by atoms with Crippen LogP contribution in [0.1, 0.15) is 45.4 Å². The van der Waals surface area contributed by atoms with E-state index in [0.717, 1.165) is 37.8 Å². The lowest BCUT2D eigenvalue weighted by atomic mass is 9.82. The average Bonchev–Trinajstić information content (AvgIpc) is 3.32. The van der Waals surface area contributed by atoms with E-state index in [2.05, 4.69) is 22.7 Å². The third kappa shape index (κ3) is 2.59. The summed E-state index contributed by atoms with van der Waals surface area (Å²) in [6.07, 6.45) is 10.8. The van der Waals surface area contributed by atoms with Crippen LogP contribution in [0.2, 0.25) is 0 Å². The zero-order valence-corrected chi connectivity index (χ0v) is 14.0. The number of carbonyl (C=O) groups is 1. The molecule has 1 aromatic rings. The molecule has 4 unspecified atom stereocenters. The first-order valence-corrected chi connectivity index (χ1v) is 9.21. The molecule has 5 heteroatoms. The first-order valence-electron chi connectivity index (χ1n) is 9.21. The summed E-state index contributed by atoms with van der Waals surface area (Å²) < 4.78 is 1.89. The maximum absolute atomic E-state index is 13.2. The lowest BCUT2D eigenvalue weighted by Crippen LogP contribution is -2.57. The molecule has 0 aromatic carbocycles. The molecule has 2 bridgehead atoms. The van der Waals surface area contributed by atoms with E-state index in [1.807, 2.05) is 16.9 Å². The molecule has 3 aliphatic rings.